The number of benzene rings is 1. The van der Waals surface area contributed by atoms with Gasteiger partial charge < -0.3 is 10.6 Å². The lowest BCUT2D eigenvalue weighted by atomic mass is 10.1. The van der Waals surface area contributed by atoms with Crippen LogP contribution in [0, 0.1) is 5.92 Å². The number of aromatic nitrogens is 2. The molecule has 1 aromatic carbocycles. The second-order valence-electron chi connectivity index (χ2n) is 6.63. The normalized spacial score (nSPS) is 19.0. The fourth-order valence-electron chi connectivity index (χ4n) is 3.12. The molecule has 0 spiro atoms. The Bertz CT molecular complexity index is 652. The molecule has 5 nitrogen and oxygen atoms in total. The van der Waals surface area contributed by atoms with Gasteiger partial charge in [-0.1, -0.05) is 30.3 Å². The molecule has 5 heteroatoms. The molecule has 2 amide bonds. The van der Waals surface area contributed by atoms with Gasteiger partial charge in [0, 0.05) is 26.3 Å². The van der Waals surface area contributed by atoms with Gasteiger partial charge in [-0.15, -0.1) is 0 Å². The van der Waals surface area contributed by atoms with Gasteiger partial charge in [0.05, 0.1) is 6.20 Å². The second kappa shape index (κ2) is 7.99. The van der Waals surface area contributed by atoms with Crippen LogP contribution in [0.25, 0.3) is 0 Å². The van der Waals surface area contributed by atoms with Crippen molar-refractivity contribution in [3.63, 3.8) is 0 Å². The largest absolute Gasteiger partial charge is 0.338 e. The van der Waals surface area contributed by atoms with E-state index in [9.17, 15) is 4.79 Å². The molecule has 2 aromatic rings. The van der Waals surface area contributed by atoms with Crippen LogP contribution in [0.3, 0.4) is 0 Å². The molecular weight excluding hydrogens is 300 g/mol. The Hall–Kier alpha value is -2.30. The van der Waals surface area contributed by atoms with Crippen molar-refractivity contribution >= 4 is 6.03 Å². The standard InChI is InChI=1S/C19H26N4O/c1-23-14-15(12-22-23)7-5-6-10-20-19(24)21-13-17-11-18(17)16-8-3-2-4-9-16/h2-4,8-9,12,14,17-18H,5-7,10-11,13H2,1H3,(H2,20,21,24)/t17-,18-/m0/s1. The van der Waals surface area contributed by atoms with Gasteiger partial charge >= 0.3 is 6.03 Å². The van der Waals surface area contributed by atoms with Crippen molar-refractivity contribution in [1.29, 1.82) is 0 Å². The fraction of sp³-hybridized carbons (Fsp3) is 0.474. The summed E-state index contributed by atoms with van der Waals surface area (Å²) in [6, 6.07) is 10.5. The SMILES string of the molecule is Cn1cc(CCCCNC(=O)NC[C@@H]2C[C@H]2c2ccccc2)cn1. The van der Waals surface area contributed by atoms with E-state index < -0.39 is 0 Å². The van der Waals surface area contributed by atoms with E-state index in [4.69, 9.17) is 0 Å². The van der Waals surface area contributed by atoms with Crippen molar-refractivity contribution < 1.29 is 4.79 Å². The number of nitrogens with zero attached hydrogens (tertiary/aromatic N) is 2. The first-order chi connectivity index (χ1) is 11.7. The number of carbonyl (C=O) groups excluding carboxylic acids is 1. The van der Waals surface area contributed by atoms with Gasteiger partial charge in [0.15, 0.2) is 0 Å². The van der Waals surface area contributed by atoms with Gasteiger partial charge in [-0.3, -0.25) is 4.68 Å². The van der Waals surface area contributed by atoms with E-state index in [0.717, 1.165) is 32.4 Å². The summed E-state index contributed by atoms with van der Waals surface area (Å²) in [5, 5.41) is 10.1. The zero-order valence-corrected chi connectivity index (χ0v) is 14.2. The molecule has 0 bridgehead atoms. The number of rotatable bonds is 8. The number of nitrogens with one attached hydrogen (secondary N) is 2. The van der Waals surface area contributed by atoms with Gasteiger partial charge in [0.1, 0.15) is 0 Å². The van der Waals surface area contributed by atoms with Gasteiger partial charge in [-0.05, 0) is 48.6 Å². The molecule has 128 valence electrons. The Morgan fingerprint density at radius 3 is 2.83 bits per heavy atom. The highest BCUT2D eigenvalue weighted by molar-refractivity contribution is 5.73. The number of hydrogen-bond donors (Lipinski definition) is 2. The average Bonchev–Trinajstić information content (AvgIpc) is 3.27. The van der Waals surface area contributed by atoms with Crippen molar-refractivity contribution in [3.8, 4) is 0 Å². The number of urea groups is 1. The Morgan fingerprint density at radius 2 is 2.08 bits per heavy atom. The Labute approximate surface area is 143 Å². The fourth-order valence-corrected chi connectivity index (χ4v) is 3.12. The third-order valence-electron chi connectivity index (χ3n) is 4.61. The van der Waals surface area contributed by atoms with Crippen LogP contribution in [0.1, 0.15) is 36.3 Å². The number of aryl methyl sites for hydroxylation is 2. The van der Waals surface area contributed by atoms with E-state index in [-0.39, 0.29) is 6.03 Å². The summed E-state index contributed by atoms with van der Waals surface area (Å²) in [5.41, 5.74) is 2.64. The first-order valence-corrected chi connectivity index (χ1v) is 8.76. The van der Waals surface area contributed by atoms with Crippen molar-refractivity contribution in [3.05, 3.63) is 53.9 Å². The summed E-state index contributed by atoms with van der Waals surface area (Å²) in [4.78, 5) is 11.8. The van der Waals surface area contributed by atoms with E-state index in [1.54, 1.807) is 0 Å². The molecule has 24 heavy (non-hydrogen) atoms. The van der Waals surface area contributed by atoms with Crippen molar-refractivity contribution in [2.24, 2.45) is 13.0 Å². The molecule has 0 saturated heterocycles. The van der Waals surface area contributed by atoms with Gasteiger partial charge in [0.2, 0.25) is 0 Å². The Balaban J connectivity index is 1.23. The summed E-state index contributed by atoms with van der Waals surface area (Å²) in [6.45, 7) is 1.49. The maximum atomic E-state index is 11.8. The minimum Gasteiger partial charge on any atom is -0.338 e. The predicted octanol–water partition coefficient (Wildman–Crippen LogP) is 2.85. The molecule has 2 N–H and O–H groups in total. The zero-order valence-electron chi connectivity index (χ0n) is 14.2. The van der Waals surface area contributed by atoms with Crippen LogP contribution in [0.4, 0.5) is 4.79 Å². The number of carbonyl (C=O) groups is 1. The van der Waals surface area contributed by atoms with Gasteiger partial charge in [-0.25, -0.2) is 4.79 Å². The van der Waals surface area contributed by atoms with E-state index in [1.165, 1.54) is 17.5 Å². The number of hydrogen-bond acceptors (Lipinski definition) is 2. The van der Waals surface area contributed by atoms with Crippen LogP contribution >= 0.6 is 0 Å². The highest BCUT2D eigenvalue weighted by atomic mass is 16.2. The highest BCUT2D eigenvalue weighted by Crippen LogP contribution is 2.46. The second-order valence-corrected chi connectivity index (χ2v) is 6.63. The Morgan fingerprint density at radius 1 is 1.25 bits per heavy atom. The maximum Gasteiger partial charge on any atom is 0.314 e. The summed E-state index contributed by atoms with van der Waals surface area (Å²) in [5.74, 6) is 1.20. The van der Waals surface area contributed by atoms with E-state index >= 15 is 0 Å². The Kier molecular flexibility index (Phi) is 5.51. The molecule has 0 radical (unpaired) electrons. The molecule has 1 aliphatic rings. The lowest BCUT2D eigenvalue weighted by Crippen LogP contribution is -2.37. The molecule has 1 fully saturated rings. The summed E-state index contributed by atoms with van der Waals surface area (Å²) < 4.78 is 1.82. The molecule has 3 rings (SSSR count). The van der Waals surface area contributed by atoms with Crippen LogP contribution in [0.5, 0.6) is 0 Å². The lowest BCUT2D eigenvalue weighted by molar-refractivity contribution is 0.240. The summed E-state index contributed by atoms with van der Waals surface area (Å²) in [6.07, 6.45) is 8.17. The van der Waals surface area contributed by atoms with Crippen LogP contribution in [-0.4, -0.2) is 28.9 Å². The van der Waals surface area contributed by atoms with E-state index in [0.29, 0.717) is 11.8 Å². The average molecular weight is 326 g/mol. The number of amides is 2. The first kappa shape index (κ1) is 16.6. The molecular formula is C19H26N4O. The predicted molar refractivity (Wildman–Crippen MR) is 94.8 cm³/mol. The van der Waals surface area contributed by atoms with Crippen LogP contribution in [-0.2, 0) is 13.5 Å². The minimum atomic E-state index is -0.0462. The molecule has 1 heterocycles. The monoisotopic (exact) mass is 326 g/mol. The molecule has 0 aliphatic heterocycles. The zero-order chi connectivity index (χ0) is 16.8. The highest BCUT2D eigenvalue weighted by Gasteiger charge is 2.37. The summed E-state index contributed by atoms with van der Waals surface area (Å²) in [7, 11) is 1.93. The molecule has 1 aliphatic carbocycles. The van der Waals surface area contributed by atoms with E-state index in [2.05, 4.69) is 40.0 Å². The molecule has 2 atom stereocenters. The topological polar surface area (TPSA) is 59.0 Å². The maximum absolute atomic E-state index is 11.8. The van der Waals surface area contributed by atoms with Gasteiger partial charge in [-0.2, -0.15) is 5.10 Å². The van der Waals surface area contributed by atoms with Crippen LogP contribution in [0.2, 0.25) is 0 Å². The lowest BCUT2D eigenvalue weighted by Gasteiger charge is -2.07. The first-order valence-electron chi connectivity index (χ1n) is 8.76. The number of unbranched alkanes of at least 4 members (excludes halogenated alkanes) is 1. The van der Waals surface area contributed by atoms with Crippen LogP contribution < -0.4 is 10.6 Å². The van der Waals surface area contributed by atoms with Crippen LogP contribution in [0.15, 0.2) is 42.7 Å². The molecule has 1 aromatic heterocycles. The smallest absolute Gasteiger partial charge is 0.314 e. The van der Waals surface area contributed by atoms with Crippen molar-refractivity contribution in [2.45, 2.75) is 31.6 Å². The van der Waals surface area contributed by atoms with E-state index in [1.807, 2.05) is 30.2 Å². The summed E-state index contributed by atoms with van der Waals surface area (Å²) >= 11 is 0. The minimum absolute atomic E-state index is 0.0462. The molecule has 1 saturated carbocycles. The third kappa shape index (κ3) is 4.85. The molecule has 0 unspecified atom stereocenters. The quantitative estimate of drug-likeness (QED) is 0.733. The van der Waals surface area contributed by atoms with Crippen molar-refractivity contribution in [1.82, 2.24) is 20.4 Å². The third-order valence-corrected chi connectivity index (χ3v) is 4.61. The van der Waals surface area contributed by atoms with Gasteiger partial charge in [0.25, 0.3) is 0 Å². The van der Waals surface area contributed by atoms with Crippen molar-refractivity contribution in [2.75, 3.05) is 13.1 Å².